The van der Waals surface area contributed by atoms with Gasteiger partial charge in [0.2, 0.25) is 5.36 Å². The van der Waals surface area contributed by atoms with Gasteiger partial charge in [0.05, 0.1) is 25.3 Å². The molecule has 0 saturated carbocycles. The van der Waals surface area contributed by atoms with Gasteiger partial charge in [-0.05, 0) is 35.4 Å². The first-order chi connectivity index (χ1) is 12.3. The van der Waals surface area contributed by atoms with Crippen LogP contribution in [0.2, 0.25) is 0 Å². The number of ether oxygens (including phenoxy) is 3. The molecule has 1 saturated heterocycles. The Kier molecular flexibility index (Phi) is 4.28. The van der Waals surface area contributed by atoms with Crippen LogP contribution in [0.3, 0.4) is 0 Å². The van der Waals surface area contributed by atoms with Crippen molar-refractivity contribution in [3.63, 3.8) is 0 Å². The Morgan fingerprint density at radius 2 is 1.16 bits per heavy atom. The molecule has 1 heterocycles. The zero-order valence-electron chi connectivity index (χ0n) is 14.6. The van der Waals surface area contributed by atoms with E-state index in [1.54, 1.807) is 14.2 Å². The van der Waals surface area contributed by atoms with Crippen LogP contribution in [-0.2, 0) is 4.74 Å². The zero-order chi connectivity index (χ0) is 17.2. The van der Waals surface area contributed by atoms with E-state index in [2.05, 4.69) is 28.8 Å². The van der Waals surface area contributed by atoms with Crippen molar-refractivity contribution in [2.45, 2.75) is 0 Å². The lowest BCUT2D eigenvalue weighted by Gasteiger charge is -2.09. The Bertz CT molecular complexity index is 814. The van der Waals surface area contributed by atoms with Crippen LogP contribution in [0, 0.1) is 0 Å². The quantitative estimate of drug-likeness (QED) is 0.687. The lowest BCUT2D eigenvalue weighted by molar-refractivity contribution is 0.0971. The van der Waals surface area contributed by atoms with Crippen molar-refractivity contribution in [2.75, 3.05) is 40.5 Å². The molecule has 4 rings (SSSR count). The zero-order valence-corrected chi connectivity index (χ0v) is 14.6. The monoisotopic (exact) mass is 336 g/mol. The first-order valence-corrected chi connectivity index (χ1v) is 8.55. The summed E-state index contributed by atoms with van der Waals surface area (Å²) in [7, 11) is 3.39. The average molecular weight is 336 g/mol. The predicted octanol–water partition coefficient (Wildman–Crippen LogP) is 2.72. The normalized spacial score (nSPS) is 14.7. The van der Waals surface area contributed by atoms with Gasteiger partial charge in [-0.1, -0.05) is 24.3 Å². The standard InChI is InChI=1S/C21H22NO3/c1-23-17-7-3-15(4-8-17)19-20(16-5-9-18(24-2)10-6-16)21(19)22-11-13-25-14-12-22/h3-10H,11-14H2,1-2H3/q+1. The number of hydrogen-bond acceptors (Lipinski definition) is 3. The minimum Gasteiger partial charge on any atom is -0.497 e. The molecule has 3 aromatic carbocycles. The number of nitrogens with zero attached hydrogens (tertiary/aromatic N) is 1. The van der Waals surface area contributed by atoms with Crippen LogP contribution >= 0.6 is 0 Å². The summed E-state index contributed by atoms with van der Waals surface area (Å²) in [6, 6.07) is 16.6. The Labute approximate surface area is 147 Å². The van der Waals surface area contributed by atoms with Gasteiger partial charge in [0.1, 0.15) is 24.7 Å². The molecule has 0 aromatic heterocycles. The fourth-order valence-corrected chi connectivity index (χ4v) is 3.36. The minimum absolute atomic E-state index is 0.787. The molecule has 0 aliphatic carbocycles. The van der Waals surface area contributed by atoms with Crippen molar-refractivity contribution in [2.24, 2.45) is 0 Å². The smallest absolute Gasteiger partial charge is 0.217 e. The third kappa shape index (κ3) is 3.05. The highest BCUT2D eigenvalue weighted by atomic mass is 16.5. The van der Waals surface area contributed by atoms with Crippen molar-refractivity contribution in [3.8, 4) is 33.8 Å². The molecule has 0 amide bonds. The van der Waals surface area contributed by atoms with Crippen molar-refractivity contribution >= 4 is 0 Å². The molecule has 25 heavy (non-hydrogen) atoms. The molecular formula is C21H22NO3+. The van der Waals surface area contributed by atoms with Gasteiger partial charge < -0.3 is 14.2 Å². The van der Waals surface area contributed by atoms with E-state index in [0.29, 0.717) is 0 Å². The average Bonchev–Trinajstić information content (AvgIpc) is 3.44. The largest absolute Gasteiger partial charge is 0.497 e. The van der Waals surface area contributed by atoms with Crippen LogP contribution in [0.25, 0.3) is 22.3 Å². The van der Waals surface area contributed by atoms with Gasteiger partial charge in [-0.2, -0.15) is 0 Å². The number of hydrogen-bond donors (Lipinski definition) is 0. The van der Waals surface area contributed by atoms with Crippen LogP contribution in [0.1, 0.15) is 0 Å². The highest BCUT2D eigenvalue weighted by molar-refractivity contribution is 5.94. The Morgan fingerprint density at radius 1 is 0.720 bits per heavy atom. The summed E-state index contributed by atoms with van der Waals surface area (Å²) in [5, 5.41) is 1.35. The van der Waals surface area contributed by atoms with Crippen LogP contribution in [0.15, 0.2) is 48.5 Å². The molecule has 1 aliphatic heterocycles. The Morgan fingerprint density at radius 3 is 1.56 bits per heavy atom. The fourth-order valence-electron chi connectivity index (χ4n) is 3.36. The highest BCUT2D eigenvalue weighted by Gasteiger charge is 2.32. The van der Waals surface area contributed by atoms with Gasteiger partial charge in [-0.3, -0.25) is 0 Å². The first kappa shape index (κ1) is 15.9. The number of methoxy groups -OCH3 is 2. The van der Waals surface area contributed by atoms with Crippen molar-refractivity contribution in [1.29, 1.82) is 0 Å². The van der Waals surface area contributed by atoms with Crippen LogP contribution in [0.4, 0.5) is 0 Å². The molecule has 0 N–H and O–H groups in total. The summed E-state index contributed by atoms with van der Waals surface area (Å²) in [6.07, 6.45) is 0. The summed E-state index contributed by atoms with van der Waals surface area (Å²) in [5.74, 6) is 1.76. The maximum Gasteiger partial charge on any atom is 0.217 e. The van der Waals surface area contributed by atoms with Crippen molar-refractivity contribution in [1.82, 2.24) is 4.58 Å². The second kappa shape index (κ2) is 6.73. The number of rotatable bonds is 4. The molecule has 0 bridgehead atoms. The van der Waals surface area contributed by atoms with Crippen molar-refractivity contribution in [3.05, 3.63) is 53.9 Å². The Hall–Kier alpha value is -2.59. The van der Waals surface area contributed by atoms with Gasteiger partial charge in [0, 0.05) is 0 Å². The lowest BCUT2D eigenvalue weighted by atomic mass is 10.1. The summed E-state index contributed by atoms with van der Waals surface area (Å²) < 4.78 is 18.5. The van der Waals surface area contributed by atoms with Crippen LogP contribution in [-0.4, -0.2) is 40.5 Å². The van der Waals surface area contributed by atoms with E-state index in [1.165, 1.54) is 27.6 Å². The SMILES string of the molecule is COc1ccc(-c2c(-c3ccc(OC)cc3)c2=[N+]2CCOCC2)cc1. The summed E-state index contributed by atoms with van der Waals surface area (Å²) in [4.78, 5) is 0. The topological polar surface area (TPSA) is 30.7 Å². The predicted molar refractivity (Wildman–Crippen MR) is 98.6 cm³/mol. The molecule has 128 valence electrons. The molecule has 3 aromatic rings. The molecule has 0 atom stereocenters. The lowest BCUT2D eigenvalue weighted by Crippen LogP contribution is -2.37. The molecule has 0 spiro atoms. The second-order valence-electron chi connectivity index (χ2n) is 6.16. The summed E-state index contributed by atoms with van der Waals surface area (Å²) in [5.41, 5.74) is 5.12. The maximum absolute atomic E-state index is 5.51. The Balaban J connectivity index is 1.79. The van der Waals surface area contributed by atoms with E-state index in [9.17, 15) is 0 Å². The van der Waals surface area contributed by atoms with Crippen LogP contribution < -0.4 is 19.4 Å². The van der Waals surface area contributed by atoms with Gasteiger partial charge >= 0.3 is 0 Å². The highest BCUT2D eigenvalue weighted by Crippen LogP contribution is 2.36. The van der Waals surface area contributed by atoms with Gasteiger partial charge in [0.25, 0.3) is 0 Å². The third-order valence-electron chi connectivity index (χ3n) is 4.75. The van der Waals surface area contributed by atoms with E-state index >= 15 is 0 Å². The minimum atomic E-state index is 0.787. The van der Waals surface area contributed by atoms with E-state index in [0.717, 1.165) is 37.8 Å². The van der Waals surface area contributed by atoms with Gasteiger partial charge in [-0.15, -0.1) is 0 Å². The first-order valence-electron chi connectivity index (χ1n) is 8.55. The second-order valence-corrected chi connectivity index (χ2v) is 6.16. The molecule has 1 aliphatic rings. The third-order valence-corrected chi connectivity index (χ3v) is 4.75. The van der Waals surface area contributed by atoms with E-state index in [-0.39, 0.29) is 0 Å². The molecule has 0 unspecified atom stereocenters. The molecule has 4 nitrogen and oxygen atoms in total. The van der Waals surface area contributed by atoms with Crippen molar-refractivity contribution < 1.29 is 14.2 Å². The fraction of sp³-hybridized carbons (Fsp3) is 0.286. The number of morpholine rings is 1. The van der Waals surface area contributed by atoms with E-state index in [1.807, 2.05) is 24.3 Å². The maximum atomic E-state index is 5.51. The van der Waals surface area contributed by atoms with Gasteiger partial charge in [0.15, 0.2) is 13.1 Å². The number of benzene rings is 2. The van der Waals surface area contributed by atoms with Crippen LogP contribution in [0.5, 0.6) is 11.5 Å². The van der Waals surface area contributed by atoms with E-state index < -0.39 is 0 Å². The van der Waals surface area contributed by atoms with E-state index in [4.69, 9.17) is 14.2 Å². The molecule has 1 fully saturated rings. The summed E-state index contributed by atoms with van der Waals surface area (Å²) >= 11 is 0. The van der Waals surface area contributed by atoms with Gasteiger partial charge in [-0.25, -0.2) is 4.58 Å². The molecular weight excluding hydrogens is 314 g/mol. The molecule has 4 heteroatoms. The summed E-state index contributed by atoms with van der Waals surface area (Å²) in [6.45, 7) is 3.45. The molecule has 0 radical (unpaired) electrons.